The highest BCUT2D eigenvalue weighted by Gasteiger charge is 2.26. The molecule has 0 atom stereocenters. The van der Waals surface area contributed by atoms with Crippen LogP contribution in [0.5, 0.6) is 5.75 Å². The van der Waals surface area contributed by atoms with Crippen molar-refractivity contribution in [2.45, 2.75) is 31.2 Å². The van der Waals surface area contributed by atoms with E-state index in [9.17, 15) is 13.2 Å². The van der Waals surface area contributed by atoms with E-state index in [4.69, 9.17) is 4.74 Å². The van der Waals surface area contributed by atoms with E-state index >= 15 is 0 Å². The summed E-state index contributed by atoms with van der Waals surface area (Å²) in [5, 5.41) is 0.627. The van der Waals surface area contributed by atoms with Gasteiger partial charge in [0.15, 0.2) is 0 Å². The maximum Gasteiger partial charge on any atom is 0.265 e. The Morgan fingerprint density at radius 1 is 1.25 bits per heavy atom. The molecule has 3 aromatic rings. The van der Waals surface area contributed by atoms with E-state index in [1.807, 2.05) is 24.0 Å². The third-order valence-corrected chi connectivity index (χ3v) is 8.03. The minimum absolute atomic E-state index is 0.00533. The monoisotopic (exact) mass is 474 g/mol. The second-order valence-electron chi connectivity index (χ2n) is 7.78. The number of aromatic nitrogens is 2. The lowest BCUT2D eigenvalue weighted by atomic mass is 10.2. The lowest BCUT2D eigenvalue weighted by molar-refractivity contribution is 0.0796. The van der Waals surface area contributed by atoms with Crippen LogP contribution in [0.1, 0.15) is 33.8 Å². The third kappa shape index (κ3) is 4.57. The van der Waals surface area contributed by atoms with Crippen LogP contribution in [0.3, 0.4) is 0 Å². The van der Waals surface area contributed by atoms with Crippen molar-refractivity contribution in [1.82, 2.24) is 19.2 Å². The van der Waals surface area contributed by atoms with Crippen LogP contribution in [-0.4, -0.2) is 49.0 Å². The number of hydrogen-bond acceptors (Lipinski definition) is 6. The van der Waals surface area contributed by atoms with Gasteiger partial charge in [0, 0.05) is 32.9 Å². The Labute approximate surface area is 191 Å². The van der Waals surface area contributed by atoms with Gasteiger partial charge in [-0.2, -0.15) is 0 Å². The van der Waals surface area contributed by atoms with Crippen molar-refractivity contribution >= 4 is 27.3 Å². The molecule has 2 aromatic heterocycles. The highest BCUT2D eigenvalue weighted by atomic mass is 32.2. The number of sulfonamides is 1. The number of nitrogens with zero attached hydrogens (tertiary/aromatic N) is 3. The number of amides is 1. The van der Waals surface area contributed by atoms with Gasteiger partial charge in [-0.25, -0.2) is 18.1 Å². The number of benzene rings is 1. The number of carbonyl (C=O) groups is 1. The largest absolute Gasteiger partial charge is 0.497 e. The van der Waals surface area contributed by atoms with Gasteiger partial charge >= 0.3 is 0 Å². The van der Waals surface area contributed by atoms with Crippen LogP contribution in [0.2, 0.25) is 0 Å². The minimum Gasteiger partial charge on any atom is -0.497 e. The molecule has 3 heterocycles. The highest BCUT2D eigenvalue weighted by molar-refractivity contribution is 7.89. The van der Waals surface area contributed by atoms with Gasteiger partial charge < -0.3 is 14.2 Å². The minimum atomic E-state index is -3.73. The zero-order valence-corrected chi connectivity index (χ0v) is 19.9. The van der Waals surface area contributed by atoms with Crippen molar-refractivity contribution in [3.05, 3.63) is 52.7 Å². The number of nitrogens with one attached hydrogen (secondary N) is 1. The summed E-state index contributed by atoms with van der Waals surface area (Å²) in [4.78, 5) is 20.0. The van der Waals surface area contributed by atoms with Gasteiger partial charge in [-0.1, -0.05) is 12.1 Å². The molecule has 1 N–H and O–H groups in total. The van der Waals surface area contributed by atoms with Crippen molar-refractivity contribution in [3.63, 3.8) is 0 Å². The first-order valence-electron chi connectivity index (χ1n) is 10.3. The smallest absolute Gasteiger partial charge is 0.265 e. The molecule has 4 rings (SSSR count). The van der Waals surface area contributed by atoms with E-state index in [1.54, 1.807) is 43.1 Å². The third-order valence-electron chi connectivity index (χ3n) is 5.49. The number of hydrogen-bond donors (Lipinski definition) is 1. The van der Waals surface area contributed by atoms with Crippen molar-refractivity contribution in [2.24, 2.45) is 7.05 Å². The van der Waals surface area contributed by atoms with Gasteiger partial charge in [0.1, 0.15) is 20.5 Å². The molecular weight excluding hydrogens is 448 g/mol. The zero-order chi connectivity index (χ0) is 22.9. The number of ether oxygens (including phenoxy) is 1. The lowest BCUT2D eigenvalue weighted by Gasteiger charge is -2.13. The van der Waals surface area contributed by atoms with Gasteiger partial charge in [0.2, 0.25) is 10.0 Å². The van der Waals surface area contributed by atoms with E-state index in [1.165, 1.54) is 11.3 Å². The molecule has 1 amide bonds. The standard InChI is InChI=1S/C22H26N4O4S2/c1-15-20(22(27)26-9-4-5-10-26)31-21(24-15)19-12-18(14-25(19)2)32(28,29)23-13-16-7-6-8-17(11-16)30-3/h6-8,11-12,14,23H,4-5,9-10,13H2,1-3H3. The fourth-order valence-corrected chi connectivity index (χ4v) is 5.89. The molecule has 32 heavy (non-hydrogen) atoms. The molecule has 10 heteroatoms. The Morgan fingerprint density at radius 3 is 2.72 bits per heavy atom. The maximum atomic E-state index is 12.9. The normalized spacial score (nSPS) is 14.2. The number of aryl methyl sites for hydroxylation is 2. The van der Waals surface area contributed by atoms with Gasteiger partial charge in [0.25, 0.3) is 5.91 Å². The number of rotatable bonds is 7. The molecule has 170 valence electrons. The van der Waals surface area contributed by atoms with E-state index in [2.05, 4.69) is 9.71 Å². The molecule has 1 aliphatic rings. The van der Waals surface area contributed by atoms with E-state index in [0.717, 1.165) is 31.5 Å². The van der Waals surface area contributed by atoms with Gasteiger partial charge in [-0.05, 0) is 43.5 Å². The SMILES string of the molecule is COc1cccc(CNS(=O)(=O)c2cc(-c3nc(C)c(C(=O)N4CCCC4)s3)n(C)c2)c1. The van der Waals surface area contributed by atoms with E-state index < -0.39 is 10.0 Å². The number of methoxy groups -OCH3 is 1. The predicted molar refractivity (Wildman–Crippen MR) is 123 cm³/mol. The Hall–Kier alpha value is -2.69. The summed E-state index contributed by atoms with van der Waals surface area (Å²) in [6.07, 6.45) is 3.61. The van der Waals surface area contributed by atoms with Crippen LogP contribution in [0, 0.1) is 6.92 Å². The summed E-state index contributed by atoms with van der Waals surface area (Å²) in [6, 6.07) is 8.83. The summed E-state index contributed by atoms with van der Waals surface area (Å²) >= 11 is 1.31. The molecule has 0 bridgehead atoms. The lowest BCUT2D eigenvalue weighted by Crippen LogP contribution is -2.27. The summed E-state index contributed by atoms with van der Waals surface area (Å²) in [7, 11) is -0.389. The van der Waals surface area contributed by atoms with Crippen LogP contribution < -0.4 is 9.46 Å². The molecule has 0 saturated carbocycles. The molecule has 0 aliphatic carbocycles. The van der Waals surface area contributed by atoms with E-state index in [-0.39, 0.29) is 17.3 Å². The van der Waals surface area contributed by atoms with Crippen LogP contribution in [-0.2, 0) is 23.6 Å². The molecule has 0 radical (unpaired) electrons. The van der Waals surface area contributed by atoms with Crippen LogP contribution >= 0.6 is 11.3 Å². The molecule has 1 aromatic carbocycles. The first kappa shape index (κ1) is 22.5. The Kier molecular flexibility index (Phi) is 6.36. The van der Waals surface area contributed by atoms with Crippen LogP contribution in [0.4, 0.5) is 0 Å². The molecule has 0 unspecified atom stereocenters. The zero-order valence-electron chi connectivity index (χ0n) is 18.3. The fourth-order valence-electron chi connectivity index (χ4n) is 3.71. The molecule has 8 nitrogen and oxygen atoms in total. The summed E-state index contributed by atoms with van der Waals surface area (Å²) in [5.74, 6) is 0.674. The van der Waals surface area contributed by atoms with Gasteiger partial charge in [0.05, 0.1) is 18.5 Å². The number of carbonyl (C=O) groups excluding carboxylic acids is 1. The maximum absolute atomic E-state index is 12.9. The van der Waals surface area contributed by atoms with Crippen molar-refractivity contribution < 1.29 is 17.9 Å². The predicted octanol–water partition coefficient (Wildman–Crippen LogP) is 3.18. The first-order valence-corrected chi connectivity index (χ1v) is 12.6. The first-order chi connectivity index (χ1) is 15.3. The molecule has 1 aliphatic heterocycles. The Balaban J connectivity index is 1.54. The van der Waals surface area contributed by atoms with Crippen molar-refractivity contribution in [3.8, 4) is 16.5 Å². The van der Waals surface area contributed by atoms with Crippen LogP contribution in [0.15, 0.2) is 41.4 Å². The highest BCUT2D eigenvalue weighted by Crippen LogP contribution is 2.31. The molecule has 1 fully saturated rings. The second kappa shape index (κ2) is 9.05. The van der Waals surface area contributed by atoms with Gasteiger partial charge in [-0.15, -0.1) is 11.3 Å². The molecule has 0 spiro atoms. The van der Waals surface area contributed by atoms with Crippen molar-refractivity contribution in [1.29, 1.82) is 0 Å². The Morgan fingerprint density at radius 2 is 2.00 bits per heavy atom. The van der Waals surface area contributed by atoms with Crippen LogP contribution in [0.25, 0.3) is 10.7 Å². The quantitative estimate of drug-likeness (QED) is 0.568. The molecular formula is C22H26N4O4S2. The average Bonchev–Trinajstić information content (AvgIpc) is 3.52. The fraction of sp³-hybridized carbons (Fsp3) is 0.364. The summed E-state index contributed by atoms with van der Waals surface area (Å²) < 4.78 is 35.3. The molecule has 1 saturated heterocycles. The summed E-state index contributed by atoms with van der Waals surface area (Å²) in [5.41, 5.74) is 2.12. The second-order valence-corrected chi connectivity index (χ2v) is 10.5. The number of likely N-dealkylation sites (tertiary alicyclic amines) is 1. The number of thiazole rings is 1. The van der Waals surface area contributed by atoms with Gasteiger partial charge in [-0.3, -0.25) is 4.79 Å². The summed E-state index contributed by atoms with van der Waals surface area (Å²) in [6.45, 7) is 3.52. The topological polar surface area (TPSA) is 93.5 Å². The van der Waals surface area contributed by atoms with E-state index in [0.29, 0.717) is 27.0 Å². The Bertz CT molecular complexity index is 1240. The van der Waals surface area contributed by atoms with Crippen molar-refractivity contribution in [2.75, 3.05) is 20.2 Å². The average molecular weight is 475 g/mol.